The van der Waals surface area contributed by atoms with Crippen LogP contribution in [0, 0.1) is 10.1 Å². The third kappa shape index (κ3) is 4.75. The maximum Gasteiger partial charge on any atom is 0.270 e. The number of nitrogens with one attached hydrogen (secondary N) is 1. The number of nitro groups is 1. The molecular formula is C20H21N3O3. The summed E-state index contributed by atoms with van der Waals surface area (Å²) in [7, 11) is 0. The Labute approximate surface area is 152 Å². The first-order valence-corrected chi connectivity index (χ1v) is 8.72. The Bertz CT molecular complexity index is 808. The average Bonchev–Trinajstić information content (AvgIpc) is 2.61. The van der Waals surface area contributed by atoms with E-state index in [1.165, 1.54) is 12.1 Å². The summed E-state index contributed by atoms with van der Waals surface area (Å²) in [5.74, 6) is 0.0362. The lowest BCUT2D eigenvalue weighted by Crippen LogP contribution is -2.44. The van der Waals surface area contributed by atoms with E-state index in [1.807, 2.05) is 36.4 Å². The van der Waals surface area contributed by atoms with Gasteiger partial charge in [0, 0.05) is 24.3 Å². The van der Waals surface area contributed by atoms with E-state index in [1.54, 1.807) is 6.07 Å². The molecule has 0 radical (unpaired) electrons. The highest BCUT2D eigenvalue weighted by molar-refractivity contribution is 6.00. The molecule has 1 aliphatic heterocycles. The van der Waals surface area contributed by atoms with Crippen LogP contribution in [0.4, 0.5) is 5.69 Å². The molecule has 0 saturated heterocycles. The molecule has 1 amide bonds. The lowest BCUT2D eigenvalue weighted by Gasteiger charge is -2.27. The fourth-order valence-corrected chi connectivity index (χ4v) is 3.08. The molecule has 0 spiro atoms. The zero-order chi connectivity index (χ0) is 18.4. The smallest absolute Gasteiger partial charge is 0.270 e. The van der Waals surface area contributed by atoms with Crippen molar-refractivity contribution >= 4 is 23.4 Å². The molecule has 3 rings (SSSR count). The van der Waals surface area contributed by atoms with E-state index in [2.05, 4.69) is 11.4 Å². The van der Waals surface area contributed by atoms with Gasteiger partial charge >= 0.3 is 0 Å². The second-order valence-corrected chi connectivity index (χ2v) is 6.37. The molecule has 26 heavy (non-hydrogen) atoms. The minimum Gasteiger partial charge on any atom is -0.351 e. The van der Waals surface area contributed by atoms with Gasteiger partial charge in [0.05, 0.1) is 17.0 Å². The van der Waals surface area contributed by atoms with Crippen molar-refractivity contribution in [3.63, 3.8) is 0 Å². The Kier molecular flexibility index (Phi) is 5.73. The van der Waals surface area contributed by atoms with Crippen LogP contribution in [-0.4, -0.2) is 28.6 Å². The summed E-state index contributed by atoms with van der Waals surface area (Å²) < 4.78 is 0. The van der Waals surface area contributed by atoms with E-state index in [9.17, 15) is 14.9 Å². The van der Waals surface area contributed by atoms with Gasteiger partial charge in [0.2, 0.25) is 5.91 Å². The van der Waals surface area contributed by atoms with Gasteiger partial charge in [0.25, 0.3) is 5.69 Å². The summed E-state index contributed by atoms with van der Waals surface area (Å²) in [5.41, 5.74) is 1.65. The van der Waals surface area contributed by atoms with Crippen LogP contribution < -0.4 is 5.32 Å². The zero-order valence-electron chi connectivity index (χ0n) is 14.4. The van der Waals surface area contributed by atoms with Crippen LogP contribution in [0.15, 0.2) is 59.6 Å². The van der Waals surface area contributed by atoms with Crippen LogP contribution in [0.1, 0.15) is 31.2 Å². The van der Waals surface area contributed by atoms with E-state index in [-0.39, 0.29) is 23.7 Å². The summed E-state index contributed by atoms with van der Waals surface area (Å²) in [6.07, 6.45) is 14.3. The normalized spacial score (nSPS) is 23.2. The van der Waals surface area contributed by atoms with Crippen LogP contribution in [0.3, 0.4) is 0 Å². The standard InChI is InChI=1S/C20H21N3O3/c24-20-13-12-16(11-10-15-6-5-7-17(14-15)23(25)26)21-18-8-3-1-2-4-9-19(18)22-20/h1-7,10-11,14,18-19H,8-9,12-13H2,(H,22,24)/b3-1?,4-2?,11-10+,21-16?. The molecule has 1 aromatic carbocycles. The van der Waals surface area contributed by atoms with Crippen LogP contribution in [0.25, 0.3) is 6.08 Å². The van der Waals surface area contributed by atoms with Crippen LogP contribution >= 0.6 is 0 Å². The number of carbonyl (C=O) groups excluding carboxylic acids is 1. The monoisotopic (exact) mass is 351 g/mol. The highest BCUT2D eigenvalue weighted by atomic mass is 16.6. The van der Waals surface area contributed by atoms with Crippen molar-refractivity contribution in [2.75, 3.05) is 0 Å². The summed E-state index contributed by atoms with van der Waals surface area (Å²) in [6, 6.07) is 6.45. The Morgan fingerprint density at radius 3 is 2.77 bits per heavy atom. The Hall–Kier alpha value is -3.02. The third-order valence-electron chi connectivity index (χ3n) is 4.45. The number of non-ortho nitro benzene ring substituents is 1. The predicted molar refractivity (Wildman–Crippen MR) is 102 cm³/mol. The van der Waals surface area contributed by atoms with Gasteiger partial charge in [-0.2, -0.15) is 0 Å². The number of hydrogen-bond acceptors (Lipinski definition) is 4. The van der Waals surface area contributed by atoms with Crippen molar-refractivity contribution in [2.24, 2.45) is 4.99 Å². The summed E-state index contributed by atoms with van der Waals surface area (Å²) in [5, 5.41) is 14.0. The maximum atomic E-state index is 12.1. The molecule has 1 N–H and O–H groups in total. The number of nitrogens with zero attached hydrogens (tertiary/aromatic N) is 2. The number of benzene rings is 1. The first-order valence-electron chi connectivity index (χ1n) is 8.72. The maximum absolute atomic E-state index is 12.1. The number of hydrogen-bond donors (Lipinski definition) is 1. The van der Waals surface area contributed by atoms with Crippen LogP contribution in [0.2, 0.25) is 0 Å². The highest BCUT2D eigenvalue weighted by Gasteiger charge is 2.24. The SMILES string of the molecule is O=C1CCC(/C=C/c2cccc([N+](=O)[O-])c2)=NC2CC=CC=CCC2N1. The van der Waals surface area contributed by atoms with Gasteiger partial charge in [0.15, 0.2) is 0 Å². The van der Waals surface area contributed by atoms with Gasteiger partial charge < -0.3 is 5.32 Å². The van der Waals surface area contributed by atoms with Crippen LogP contribution in [-0.2, 0) is 4.79 Å². The van der Waals surface area contributed by atoms with Crippen molar-refractivity contribution in [1.29, 1.82) is 0 Å². The van der Waals surface area contributed by atoms with Crippen molar-refractivity contribution < 1.29 is 9.72 Å². The number of fused-ring (bicyclic) bond motifs is 1. The lowest BCUT2D eigenvalue weighted by atomic mass is 9.97. The molecule has 2 unspecified atom stereocenters. The molecule has 1 heterocycles. The fourth-order valence-electron chi connectivity index (χ4n) is 3.08. The summed E-state index contributed by atoms with van der Waals surface area (Å²) in [6.45, 7) is 0. The molecule has 1 aromatic rings. The summed E-state index contributed by atoms with van der Waals surface area (Å²) in [4.78, 5) is 27.5. The topological polar surface area (TPSA) is 84.6 Å². The van der Waals surface area contributed by atoms with Crippen LogP contribution in [0.5, 0.6) is 0 Å². The van der Waals surface area contributed by atoms with Gasteiger partial charge in [-0.05, 0) is 30.9 Å². The molecule has 6 nitrogen and oxygen atoms in total. The van der Waals surface area contributed by atoms with E-state index < -0.39 is 4.92 Å². The lowest BCUT2D eigenvalue weighted by molar-refractivity contribution is -0.384. The Balaban J connectivity index is 1.83. The van der Waals surface area contributed by atoms with Crippen molar-refractivity contribution in [2.45, 2.75) is 37.8 Å². The number of nitro benzene ring substituents is 1. The van der Waals surface area contributed by atoms with Crippen molar-refractivity contribution in [1.82, 2.24) is 5.32 Å². The second-order valence-electron chi connectivity index (χ2n) is 6.37. The largest absolute Gasteiger partial charge is 0.351 e. The van der Waals surface area contributed by atoms with E-state index in [4.69, 9.17) is 4.99 Å². The Morgan fingerprint density at radius 1 is 1.15 bits per heavy atom. The van der Waals surface area contributed by atoms with Gasteiger partial charge in [-0.15, -0.1) is 0 Å². The van der Waals surface area contributed by atoms with Crippen molar-refractivity contribution in [3.05, 3.63) is 70.3 Å². The van der Waals surface area contributed by atoms with Gasteiger partial charge in [-0.3, -0.25) is 19.9 Å². The molecule has 134 valence electrons. The van der Waals surface area contributed by atoms with E-state index in [0.717, 1.165) is 24.1 Å². The summed E-state index contributed by atoms with van der Waals surface area (Å²) >= 11 is 0. The number of allylic oxidation sites excluding steroid dienone is 3. The molecule has 0 saturated carbocycles. The molecule has 6 heteroatoms. The minimum absolute atomic E-state index is 0.00906. The first kappa shape index (κ1) is 17.8. The second kappa shape index (κ2) is 8.38. The number of rotatable bonds is 3. The molecule has 2 aliphatic rings. The molecule has 2 atom stereocenters. The quantitative estimate of drug-likeness (QED) is 0.667. The van der Waals surface area contributed by atoms with Gasteiger partial charge in [0.1, 0.15) is 0 Å². The Morgan fingerprint density at radius 2 is 1.96 bits per heavy atom. The molecule has 1 aliphatic carbocycles. The highest BCUT2D eigenvalue weighted by Crippen LogP contribution is 2.18. The average molecular weight is 351 g/mol. The molecule has 0 fully saturated rings. The minimum atomic E-state index is -0.409. The molecular weight excluding hydrogens is 330 g/mol. The number of amides is 1. The van der Waals surface area contributed by atoms with Gasteiger partial charge in [-0.1, -0.05) is 42.5 Å². The van der Waals surface area contributed by atoms with E-state index in [0.29, 0.717) is 12.8 Å². The van der Waals surface area contributed by atoms with Crippen molar-refractivity contribution in [3.8, 4) is 0 Å². The first-order chi connectivity index (χ1) is 12.6. The molecule has 0 aromatic heterocycles. The number of carbonyl (C=O) groups is 1. The number of aliphatic imine (C=N–C) groups is 1. The van der Waals surface area contributed by atoms with E-state index >= 15 is 0 Å². The zero-order valence-corrected chi connectivity index (χ0v) is 14.4. The predicted octanol–water partition coefficient (Wildman–Crippen LogP) is 3.60. The molecule has 0 bridgehead atoms. The third-order valence-corrected chi connectivity index (χ3v) is 4.45. The fraction of sp³-hybridized carbons (Fsp3) is 0.300. The van der Waals surface area contributed by atoms with Gasteiger partial charge in [-0.25, -0.2) is 0 Å².